The lowest BCUT2D eigenvalue weighted by molar-refractivity contribution is -0.384. The van der Waals surface area contributed by atoms with Gasteiger partial charge in [0, 0.05) is 37.5 Å². The van der Waals surface area contributed by atoms with Crippen LogP contribution in [0.5, 0.6) is 5.75 Å². The SMILES string of the molecule is CCOC(=O)C1CCCN1CCOc1ccc([N+](=O)[O-])cc1-c1ccnn1C. The molecule has 0 bridgehead atoms. The van der Waals surface area contributed by atoms with Crippen molar-refractivity contribution in [3.63, 3.8) is 0 Å². The van der Waals surface area contributed by atoms with Crippen LogP contribution in [-0.2, 0) is 16.6 Å². The molecule has 1 aliphatic rings. The number of aromatic nitrogens is 2. The molecular formula is C19H24N4O5. The Morgan fingerprint density at radius 1 is 1.39 bits per heavy atom. The fourth-order valence-corrected chi connectivity index (χ4v) is 3.47. The predicted octanol–water partition coefficient (Wildman–Crippen LogP) is 2.40. The van der Waals surface area contributed by atoms with Crippen LogP contribution in [0.4, 0.5) is 5.69 Å². The van der Waals surface area contributed by atoms with Gasteiger partial charge in [0.25, 0.3) is 5.69 Å². The first kappa shape index (κ1) is 19.8. The number of nitro benzene ring substituents is 1. The summed E-state index contributed by atoms with van der Waals surface area (Å²) in [7, 11) is 1.77. The van der Waals surface area contributed by atoms with Gasteiger partial charge in [-0.2, -0.15) is 5.10 Å². The molecule has 1 unspecified atom stereocenters. The summed E-state index contributed by atoms with van der Waals surface area (Å²) < 4.78 is 12.7. The third-order valence-corrected chi connectivity index (χ3v) is 4.83. The van der Waals surface area contributed by atoms with Gasteiger partial charge in [-0.15, -0.1) is 0 Å². The molecule has 1 atom stereocenters. The van der Waals surface area contributed by atoms with Gasteiger partial charge < -0.3 is 9.47 Å². The number of hydrogen-bond acceptors (Lipinski definition) is 7. The predicted molar refractivity (Wildman–Crippen MR) is 102 cm³/mol. The molecule has 0 N–H and O–H groups in total. The molecule has 3 rings (SSSR count). The van der Waals surface area contributed by atoms with E-state index in [0.29, 0.717) is 31.1 Å². The van der Waals surface area contributed by atoms with Crippen LogP contribution in [0, 0.1) is 10.1 Å². The molecule has 9 nitrogen and oxygen atoms in total. The van der Waals surface area contributed by atoms with Crippen LogP contribution in [0.15, 0.2) is 30.5 Å². The fraction of sp³-hybridized carbons (Fsp3) is 0.474. The molecule has 0 saturated carbocycles. The van der Waals surface area contributed by atoms with E-state index in [1.165, 1.54) is 12.1 Å². The number of hydrogen-bond donors (Lipinski definition) is 0. The number of aryl methyl sites for hydroxylation is 1. The van der Waals surface area contributed by atoms with Crippen molar-refractivity contribution in [3.05, 3.63) is 40.6 Å². The molecule has 1 aromatic heterocycles. The van der Waals surface area contributed by atoms with Crippen LogP contribution in [0.3, 0.4) is 0 Å². The lowest BCUT2D eigenvalue weighted by Crippen LogP contribution is -2.39. The molecule has 2 heterocycles. The maximum absolute atomic E-state index is 12.1. The van der Waals surface area contributed by atoms with Crippen molar-refractivity contribution >= 4 is 11.7 Å². The van der Waals surface area contributed by atoms with Gasteiger partial charge in [-0.1, -0.05) is 0 Å². The zero-order chi connectivity index (χ0) is 20.1. The monoisotopic (exact) mass is 388 g/mol. The Labute approximate surface area is 163 Å². The van der Waals surface area contributed by atoms with Gasteiger partial charge in [0.1, 0.15) is 18.4 Å². The van der Waals surface area contributed by atoms with Gasteiger partial charge in [0.05, 0.1) is 17.2 Å². The van der Waals surface area contributed by atoms with Gasteiger partial charge in [0.15, 0.2) is 0 Å². The molecule has 9 heteroatoms. The van der Waals surface area contributed by atoms with Crippen molar-refractivity contribution < 1.29 is 19.2 Å². The number of likely N-dealkylation sites (tertiary alicyclic amines) is 1. The second-order valence-corrected chi connectivity index (χ2v) is 6.57. The molecule has 1 saturated heterocycles. The van der Waals surface area contributed by atoms with Gasteiger partial charge in [-0.3, -0.25) is 24.5 Å². The molecule has 2 aromatic rings. The topological polar surface area (TPSA) is 99.7 Å². The smallest absolute Gasteiger partial charge is 0.323 e. The second kappa shape index (κ2) is 8.83. The number of benzene rings is 1. The number of esters is 1. The summed E-state index contributed by atoms with van der Waals surface area (Å²) >= 11 is 0. The first-order valence-corrected chi connectivity index (χ1v) is 9.31. The number of nitro groups is 1. The zero-order valence-corrected chi connectivity index (χ0v) is 16.0. The molecule has 0 aliphatic carbocycles. The molecule has 0 radical (unpaired) electrons. The van der Waals surface area contributed by atoms with Gasteiger partial charge in [0.2, 0.25) is 0 Å². The summed E-state index contributed by atoms with van der Waals surface area (Å²) in [5.74, 6) is 0.354. The molecular weight excluding hydrogens is 364 g/mol. The van der Waals surface area contributed by atoms with E-state index in [4.69, 9.17) is 9.47 Å². The van der Waals surface area contributed by atoms with E-state index in [1.807, 2.05) is 0 Å². The summed E-state index contributed by atoms with van der Waals surface area (Å²) in [6.45, 7) is 3.93. The van der Waals surface area contributed by atoms with Crippen LogP contribution >= 0.6 is 0 Å². The Kier molecular flexibility index (Phi) is 6.25. The number of ether oxygens (including phenoxy) is 2. The van der Waals surface area contributed by atoms with E-state index >= 15 is 0 Å². The van der Waals surface area contributed by atoms with E-state index in [0.717, 1.165) is 25.1 Å². The Bertz CT molecular complexity index is 851. The molecule has 0 amide bonds. The van der Waals surface area contributed by atoms with E-state index in [9.17, 15) is 14.9 Å². The van der Waals surface area contributed by atoms with Crippen molar-refractivity contribution in [2.45, 2.75) is 25.8 Å². The number of rotatable bonds is 8. The Balaban J connectivity index is 1.71. The summed E-state index contributed by atoms with van der Waals surface area (Å²) in [5, 5.41) is 15.3. The highest BCUT2D eigenvalue weighted by Crippen LogP contribution is 2.33. The minimum absolute atomic E-state index is 0.00883. The fourth-order valence-electron chi connectivity index (χ4n) is 3.47. The average molecular weight is 388 g/mol. The van der Waals surface area contributed by atoms with Gasteiger partial charge in [-0.05, 0) is 38.4 Å². The van der Waals surface area contributed by atoms with Crippen molar-refractivity contribution in [3.8, 4) is 17.0 Å². The summed E-state index contributed by atoms with van der Waals surface area (Å²) in [6, 6.07) is 6.07. The first-order chi connectivity index (χ1) is 13.5. The zero-order valence-electron chi connectivity index (χ0n) is 16.0. The van der Waals surface area contributed by atoms with Crippen molar-refractivity contribution in [1.82, 2.24) is 14.7 Å². The molecule has 150 valence electrons. The van der Waals surface area contributed by atoms with Crippen LogP contribution in [0.25, 0.3) is 11.3 Å². The highest BCUT2D eigenvalue weighted by molar-refractivity contribution is 5.76. The quantitative estimate of drug-likeness (QED) is 0.389. The summed E-state index contributed by atoms with van der Waals surface area (Å²) in [4.78, 5) is 24.8. The van der Waals surface area contributed by atoms with E-state index in [1.54, 1.807) is 37.0 Å². The molecule has 1 aromatic carbocycles. The third kappa shape index (κ3) is 4.30. The van der Waals surface area contributed by atoms with Crippen molar-refractivity contribution in [2.24, 2.45) is 7.05 Å². The lowest BCUT2D eigenvalue weighted by atomic mass is 10.1. The van der Waals surface area contributed by atoms with Crippen LogP contribution in [0.1, 0.15) is 19.8 Å². The third-order valence-electron chi connectivity index (χ3n) is 4.83. The van der Waals surface area contributed by atoms with E-state index in [-0.39, 0.29) is 17.7 Å². The normalized spacial score (nSPS) is 16.9. The van der Waals surface area contributed by atoms with E-state index < -0.39 is 4.92 Å². The van der Waals surface area contributed by atoms with Crippen molar-refractivity contribution in [1.29, 1.82) is 0 Å². The Morgan fingerprint density at radius 2 is 2.21 bits per heavy atom. The maximum atomic E-state index is 12.1. The molecule has 28 heavy (non-hydrogen) atoms. The highest BCUT2D eigenvalue weighted by atomic mass is 16.6. The average Bonchev–Trinajstić information content (AvgIpc) is 3.31. The van der Waals surface area contributed by atoms with Crippen LogP contribution < -0.4 is 4.74 Å². The second-order valence-electron chi connectivity index (χ2n) is 6.57. The minimum atomic E-state index is -0.433. The molecule has 1 fully saturated rings. The molecule has 1 aliphatic heterocycles. The summed E-state index contributed by atoms with van der Waals surface area (Å²) in [5.41, 5.74) is 1.33. The number of carbonyl (C=O) groups excluding carboxylic acids is 1. The van der Waals surface area contributed by atoms with Gasteiger partial charge in [-0.25, -0.2) is 0 Å². The Morgan fingerprint density at radius 3 is 2.89 bits per heavy atom. The lowest BCUT2D eigenvalue weighted by Gasteiger charge is -2.23. The first-order valence-electron chi connectivity index (χ1n) is 9.31. The number of nitrogens with zero attached hydrogens (tertiary/aromatic N) is 4. The highest BCUT2D eigenvalue weighted by Gasteiger charge is 2.31. The van der Waals surface area contributed by atoms with Crippen molar-refractivity contribution in [2.75, 3.05) is 26.3 Å². The minimum Gasteiger partial charge on any atom is -0.492 e. The number of carbonyl (C=O) groups is 1. The van der Waals surface area contributed by atoms with Crippen LogP contribution in [-0.4, -0.2) is 57.9 Å². The van der Waals surface area contributed by atoms with Gasteiger partial charge >= 0.3 is 5.97 Å². The summed E-state index contributed by atoms with van der Waals surface area (Å²) in [6.07, 6.45) is 3.37. The van der Waals surface area contributed by atoms with Crippen LogP contribution in [0.2, 0.25) is 0 Å². The Hall–Kier alpha value is -2.94. The number of non-ortho nitro benzene ring substituents is 1. The maximum Gasteiger partial charge on any atom is 0.323 e. The largest absolute Gasteiger partial charge is 0.492 e. The standard InChI is InChI=1S/C19H24N4O5/c1-3-27-19(24)17-5-4-10-22(17)11-12-28-18-7-6-14(23(25)26)13-15(18)16-8-9-20-21(16)2/h6-9,13,17H,3-5,10-12H2,1-2H3. The molecule has 0 spiro atoms. The van der Waals surface area contributed by atoms with E-state index in [2.05, 4.69) is 10.00 Å².